The summed E-state index contributed by atoms with van der Waals surface area (Å²) in [4.78, 5) is 0. The smallest absolute Gasteiger partial charge is 0 e. The van der Waals surface area contributed by atoms with Gasteiger partial charge < -0.3 is 0 Å². The fourth-order valence-corrected chi connectivity index (χ4v) is 2.07. The third-order valence-electron chi connectivity index (χ3n) is 3.07. The third-order valence-corrected chi connectivity index (χ3v) is 3.07. The Morgan fingerprint density at radius 2 is 1.50 bits per heavy atom. The minimum atomic E-state index is 0. The van der Waals surface area contributed by atoms with Gasteiger partial charge in [0.25, 0.3) is 0 Å². The van der Waals surface area contributed by atoms with E-state index in [4.69, 9.17) is 0 Å². The summed E-state index contributed by atoms with van der Waals surface area (Å²) in [5.74, 6) is 0. The van der Waals surface area contributed by atoms with Crippen LogP contribution in [0.2, 0.25) is 0 Å². The van der Waals surface area contributed by atoms with Crippen LogP contribution in [0.1, 0.15) is 71.1 Å². The van der Waals surface area contributed by atoms with Gasteiger partial charge in [-0.1, -0.05) is 64.7 Å². The maximum Gasteiger partial charge on any atom is 0 e. The van der Waals surface area contributed by atoms with E-state index < -0.39 is 0 Å². The molecular formula is C15H27Cl2Zr-. The molecule has 0 atom stereocenters. The van der Waals surface area contributed by atoms with E-state index in [1.54, 1.807) is 0 Å². The van der Waals surface area contributed by atoms with Gasteiger partial charge >= 0.3 is 0 Å². The minimum Gasteiger partial charge on any atom is -0.269 e. The van der Waals surface area contributed by atoms with E-state index in [1.165, 1.54) is 63.4 Å². The van der Waals surface area contributed by atoms with Gasteiger partial charge in [-0.25, -0.2) is 11.6 Å². The van der Waals surface area contributed by atoms with E-state index in [0.29, 0.717) is 0 Å². The van der Waals surface area contributed by atoms with Gasteiger partial charge in [0.05, 0.1) is 0 Å². The van der Waals surface area contributed by atoms with E-state index in [0.717, 1.165) is 6.42 Å². The van der Waals surface area contributed by atoms with Crippen molar-refractivity contribution in [3.05, 3.63) is 23.8 Å². The van der Waals surface area contributed by atoms with Crippen LogP contribution < -0.4 is 0 Å². The fraction of sp³-hybridized carbons (Fsp3) is 0.733. The van der Waals surface area contributed by atoms with Crippen LogP contribution in [-0.4, -0.2) is 0 Å². The molecule has 0 aromatic rings. The van der Waals surface area contributed by atoms with Crippen LogP contribution in [0.15, 0.2) is 17.7 Å². The van der Waals surface area contributed by atoms with Crippen LogP contribution in [0, 0.1) is 6.08 Å². The Hall–Kier alpha value is 0.943. The quantitative estimate of drug-likeness (QED) is 0.343. The van der Waals surface area contributed by atoms with Crippen LogP contribution in [0.3, 0.4) is 0 Å². The second-order valence-electron chi connectivity index (χ2n) is 4.53. The summed E-state index contributed by atoms with van der Waals surface area (Å²) in [5.41, 5.74) is 1.45. The zero-order valence-electron chi connectivity index (χ0n) is 11.5. The predicted octanol–water partition coefficient (Wildman–Crippen LogP) is 6.05. The Kier molecular flexibility index (Phi) is 23.9. The Bertz CT molecular complexity index is 213. The molecule has 1 aliphatic carbocycles. The molecule has 0 N–H and O–H groups in total. The summed E-state index contributed by atoms with van der Waals surface area (Å²) in [6.45, 7) is 2.28. The first-order chi connectivity index (χ1) is 7.43. The predicted molar refractivity (Wildman–Crippen MR) is 82.2 cm³/mol. The number of allylic oxidation sites excluding steroid dienone is 4. The van der Waals surface area contributed by atoms with Crippen LogP contribution in [0.25, 0.3) is 0 Å². The molecule has 3 heteroatoms. The van der Waals surface area contributed by atoms with E-state index in [1.807, 2.05) is 0 Å². The van der Waals surface area contributed by atoms with Gasteiger partial charge in [0.1, 0.15) is 0 Å². The van der Waals surface area contributed by atoms with Crippen molar-refractivity contribution in [3.63, 3.8) is 0 Å². The van der Waals surface area contributed by atoms with Gasteiger partial charge in [0.2, 0.25) is 0 Å². The molecule has 0 bridgehead atoms. The topological polar surface area (TPSA) is 0 Å². The zero-order chi connectivity index (χ0) is 10.8. The number of rotatable bonds is 9. The van der Waals surface area contributed by atoms with E-state index in [-0.39, 0.29) is 51.0 Å². The Balaban J connectivity index is -0.000000750. The molecule has 0 aromatic heterocycles. The van der Waals surface area contributed by atoms with Crippen molar-refractivity contribution in [1.29, 1.82) is 0 Å². The molecule has 0 radical (unpaired) electrons. The first kappa shape index (κ1) is 24.0. The van der Waals surface area contributed by atoms with Crippen LogP contribution >= 0.6 is 24.8 Å². The van der Waals surface area contributed by atoms with E-state index in [9.17, 15) is 0 Å². The molecule has 0 aromatic carbocycles. The van der Waals surface area contributed by atoms with Crippen molar-refractivity contribution in [2.45, 2.75) is 71.1 Å². The molecule has 1 rings (SSSR count). The average molecular weight is 370 g/mol. The number of unbranched alkanes of at least 4 members (excludes halogenated alkanes) is 7. The van der Waals surface area contributed by atoms with Crippen molar-refractivity contribution < 1.29 is 26.2 Å². The summed E-state index contributed by atoms with van der Waals surface area (Å²) in [5, 5.41) is 0. The van der Waals surface area contributed by atoms with Gasteiger partial charge in [0, 0.05) is 26.2 Å². The molecule has 18 heavy (non-hydrogen) atoms. The summed E-state index contributed by atoms with van der Waals surface area (Å²) in [6, 6.07) is 0. The van der Waals surface area contributed by atoms with Gasteiger partial charge in [-0.2, -0.15) is 6.08 Å². The number of hydrogen-bond acceptors (Lipinski definition) is 0. The van der Waals surface area contributed by atoms with Crippen molar-refractivity contribution in [2.75, 3.05) is 0 Å². The molecule has 0 spiro atoms. The molecular weight excluding hydrogens is 342 g/mol. The maximum atomic E-state index is 3.38. The normalized spacial score (nSPS) is 12.2. The molecule has 0 aliphatic heterocycles. The Morgan fingerprint density at radius 3 is 2.00 bits per heavy atom. The first-order valence-corrected chi connectivity index (χ1v) is 6.69. The molecule has 106 valence electrons. The summed E-state index contributed by atoms with van der Waals surface area (Å²) in [6.07, 6.45) is 21.4. The standard InChI is InChI=1S/C15H25.2ClH.Zr/c1-2-3-4-5-6-7-8-9-12-15-13-10-11-14-15;;;/h10,13H,2-9,11-12H2,1H3;2*1H;/q-1;;;. The fourth-order valence-electron chi connectivity index (χ4n) is 2.07. The molecule has 0 unspecified atom stereocenters. The maximum absolute atomic E-state index is 3.38. The molecule has 0 saturated heterocycles. The third kappa shape index (κ3) is 13.4. The van der Waals surface area contributed by atoms with E-state index in [2.05, 4.69) is 25.2 Å². The summed E-state index contributed by atoms with van der Waals surface area (Å²) in [7, 11) is 0. The molecule has 1 aliphatic rings. The van der Waals surface area contributed by atoms with Crippen molar-refractivity contribution in [3.8, 4) is 0 Å². The largest absolute Gasteiger partial charge is 0.269 e. The minimum absolute atomic E-state index is 0. The van der Waals surface area contributed by atoms with E-state index >= 15 is 0 Å². The van der Waals surface area contributed by atoms with Crippen molar-refractivity contribution >= 4 is 24.8 Å². The molecule has 0 fully saturated rings. The molecule has 0 amide bonds. The van der Waals surface area contributed by atoms with Gasteiger partial charge in [-0.3, -0.25) is 6.08 Å². The Labute approximate surface area is 145 Å². The molecule has 0 heterocycles. The molecule has 0 nitrogen and oxygen atoms in total. The van der Waals surface area contributed by atoms with Crippen LogP contribution in [0.4, 0.5) is 0 Å². The first-order valence-electron chi connectivity index (χ1n) is 6.69. The monoisotopic (exact) mass is 367 g/mol. The Morgan fingerprint density at radius 1 is 0.944 bits per heavy atom. The van der Waals surface area contributed by atoms with Gasteiger partial charge in [-0.15, -0.1) is 31.2 Å². The second kappa shape index (κ2) is 17.9. The SMILES string of the molecule is CCCCCCCCCCC1=[C-]CC=C1.Cl.Cl.[Zr]. The van der Waals surface area contributed by atoms with Gasteiger partial charge in [0.15, 0.2) is 0 Å². The van der Waals surface area contributed by atoms with Crippen LogP contribution in [0.5, 0.6) is 0 Å². The van der Waals surface area contributed by atoms with Gasteiger partial charge in [-0.05, 0) is 0 Å². The number of halogens is 2. The average Bonchev–Trinajstić information content (AvgIpc) is 2.75. The second-order valence-corrected chi connectivity index (χ2v) is 4.53. The van der Waals surface area contributed by atoms with Crippen molar-refractivity contribution in [1.82, 2.24) is 0 Å². The van der Waals surface area contributed by atoms with Crippen LogP contribution in [-0.2, 0) is 26.2 Å². The number of hydrogen-bond donors (Lipinski definition) is 0. The molecule has 0 saturated carbocycles. The summed E-state index contributed by atoms with van der Waals surface area (Å²) >= 11 is 0. The van der Waals surface area contributed by atoms with Crippen molar-refractivity contribution in [2.24, 2.45) is 0 Å². The zero-order valence-corrected chi connectivity index (χ0v) is 15.6. The summed E-state index contributed by atoms with van der Waals surface area (Å²) < 4.78 is 0.